The van der Waals surface area contributed by atoms with E-state index in [0.717, 1.165) is 11.7 Å². The zero-order valence-corrected chi connectivity index (χ0v) is 8.62. The minimum Gasteiger partial charge on any atom is -0.382 e. The van der Waals surface area contributed by atoms with Gasteiger partial charge >= 0.3 is 0 Å². The van der Waals surface area contributed by atoms with Gasteiger partial charge in [-0.25, -0.2) is 9.97 Å². The smallest absolute Gasteiger partial charge is 0.145 e. The van der Waals surface area contributed by atoms with Crippen LogP contribution in [0.4, 0.5) is 11.6 Å². The Hall–Kier alpha value is -1.32. The van der Waals surface area contributed by atoms with Crippen LogP contribution in [-0.4, -0.2) is 15.5 Å². The lowest BCUT2D eigenvalue weighted by Gasteiger charge is -2.26. The second kappa shape index (κ2) is 3.12. The van der Waals surface area contributed by atoms with Gasteiger partial charge in [-0.1, -0.05) is 0 Å². The molecule has 2 rings (SSSR count). The second-order valence-electron chi connectivity index (χ2n) is 4.45. The lowest BCUT2D eigenvalue weighted by Crippen LogP contribution is -2.33. The molecule has 0 aliphatic heterocycles. The van der Waals surface area contributed by atoms with Gasteiger partial charge in [-0.05, 0) is 32.6 Å². The molecule has 76 valence electrons. The van der Waals surface area contributed by atoms with E-state index in [0.29, 0.717) is 5.82 Å². The molecule has 0 radical (unpaired) electrons. The lowest BCUT2D eigenvalue weighted by atomic mass is 9.99. The van der Waals surface area contributed by atoms with E-state index in [2.05, 4.69) is 29.1 Å². The Morgan fingerprint density at radius 2 is 2.07 bits per heavy atom. The maximum absolute atomic E-state index is 5.46. The Morgan fingerprint density at radius 1 is 1.36 bits per heavy atom. The largest absolute Gasteiger partial charge is 0.382 e. The van der Waals surface area contributed by atoms with E-state index in [4.69, 9.17) is 5.73 Å². The zero-order valence-electron chi connectivity index (χ0n) is 8.62. The van der Waals surface area contributed by atoms with Crippen molar-refractivity contribution >= 4 is 11.6 Å². The third-order valence-electron chi connectivity index (χ3n) is 2.72. The number of nitrogens with two attached hydrogens (primary N) is 1. The summed E-state index contributed by atoms with van der Waals surface area (Å²) in [6, 6.07) is 0. The van der Waals surface area contributed by atoms with Crippen LogP contribution >= 0.6 is 0 Å². The van der Waals surface area contributed by atoms with Gasteiger partial charge in [-0.15, -0.1) is 0 Å². The lowest BCUT2D eigenvalue weighted by molar-refractivity contribution is 0.492. The molecule has 0 bridgehead atoms. The van der Waals surface area contributed by atoms with Gasteiger partial charge in [0.05, 0.1) is 12.4 Å². The number of nitrogens with one attached hydrogen (secondary N) is 1. The van der Waals surface area contributed by atoms with Gasteiger partial charge in [0.25, 0.3) is 0 Å². The van der Waals surface area contributed by atoms with E-state index >= 15 is 0 Å². The molecule has 0 saturated heterocycles. The number of nitrogens with zero attached hydrogens (tertiary/aromatic N) is 2. The summed E-state index contributed by atoms with van der Waals surface area (Å²) in [5.41, 5.74) is 5.58. The van der Waals surface area contributed by atoms with Crippen molar-refractivity contribution < 1.29 is 0 Å². The zero-order chi connectivity index (χ0) is 10.2. The Morgan fingerprint density at radius 3 is 2.57 bits per heavy atom. The second-order valence-corrected chi connectivity index (χ2v) is 4.45. The first-order valence-electron chi connectivity index (χ1n) is 4.93. The third-order valence-corrected chi connectivity index (χ3v) is 2.72. The van der Waals surface area contributed by atoms with Crippen LogP contribution in [0.3, 0.4) is 0 Å². The molecule has 1 aromatic rings. The Balaban J connectivity index is 2.06. The molecule has 1 fully saturated rings. The summed E-state index contributed by atoms with van der Waals surface area (Å²) in [7, 11) is 0. The van der Waals surface area contributed by atoms with E-state index in [1.54, 1.807) is 12.4 Å². The molecule has 4 nitrogen and oxygen atoms in total. The molecule has 0 aromatic carbocycles. The number of rotatable bonds is 3. The molecule has 1 saturated carbocycles. The average Bonchev–Trinajstić information content (AvgIpc) is 2.91. The van der Waals surface area contributed by atoms with E-state index in [1.165, 1.54) is 12.8 Å². The normalized spacial score (nSPS) is 16.7. The summed E-state index contributed by atoms with van der Waals surface area (Å²) in [6.45, 7) is 4.39. The summed E-state index contributed by atoms with van der Waals surface area (Å²) >= 11 is 0. The number of aromatic nitrogens is 2. The van der Waals surface area contributed by atoms with Crippen molar-refractivity contribution in [2.75, 3.05) is 11.1 Å². The SMILES string of the molecule is CC(C)(Nc1cnc(N)cn1)C1CC1. The molecule has 4 heteroatoms. The van der Waals surface area contributed by atoms with Gasteiger partial charge in [0.2, 0.25) is 0 Å². The third kappa shape index (κ3) is 1.95. The van der Waals surface area contributed by atoms with Gasteiger partial charge in [0.1, 0.15) is 11.6 Å². The Bertz CT molecular complexity index is 313. The summed E-state index contributed by atoms with van der Waals surface area (Å²) < 4.78 is 0. The van der Waals surface area contributed by atoms with Crippen molar-refractivity contribution in [1.29, 1.82) is 0 Å². The Labute approximate surface area is 83.9 Å². The van der Waals surface area contributed by atoms with Gasteiger partial charge < -0.3 is 11.1 Å². The molecular formula is C10H16N4. The molecule has 1 aliphatic carbocycles. The molecule has 0 amide bonds. The number of anilines is 2. The summed E-state index contributed by atoms with van der Waals surface area (Å²) in [5.74, 6) is 2.03. The monoisotopic (exact) mass is 192 g/mol. The fourth-order valence-electron chi connectivity index (χ4n) is 1.64. The van der Waals surface area contributed by atoms with Gasteiger partial charge in [-0.3, -0.25) is 0 Å². The van der Waals surface area contributed by atoms with E-state index in [-0.39, 0.29) is 5.54 Å². The number of hydrogen-bond acceptors (Lipinski definition) is 4. The minimum atomic E-state index is 0.116. The molecule has 0 unspecified atom stereocenters. The predicted octanol–water partition coefficient (Wildman–Crippen LogP) is 1.66. The highest BCUT2D eigenvalue weighted by Gasteiger charge is 2.37. The highest BCUT2D eigenvalue weighted by Crippen LogP contribution is 2.40. The number of hydrogen-bond donors (Lipinski definition) is 2. The van der Waals surface area contributed by atoms with Crippen molar-refractivity contribution in [1.82, 2.24) is 9.97 Å². The van der Waals surface area contributed by atoms with Gasteiger partial charge in [0.15, 0.2) is 0 Å². The summed E-state index contributed by atoms with van der Waals surface area (Å²) in [5, 5.41) is 3.38. The topological polar surface area (TPSA) is 63.8 Å². The first kappa shape index (κ1) is 9.24. The molecule has 1 aromatic heterocycles. The number of nitrogen functional groups attached to an aromatic ring is 1. The van der Waals surface area contributed by atoms with Crippen molar-refractivity contribution in [2.45, 2.75) is 32.2 Å². The van der Waals surface area contributed by atoms with Crippen LogP contribution in [0.2, 0.25) is 0 Å². The van der Waals surface area contributed by atoms with Crippen molar-refractivity contribution in [3.05, 3.63) is 12.4 Å². The average molecular weight is 192 g/mol. The fraction of sp³-hybridized carbons (Fsp3) is 0.600. The summed E-state index contributed by atoms with van der Waals surface area (Å²) in [6.07, 6.45) is 5.87. The van der Waals surface area contributed by atoms with E-state index in [1.807, 2.05) is 0 Å². The van der Waals surface area contributed by atoms with Gasteiger partial charge in [0, 0.05) is 5.54 Å². The van der Waals surface area contributed by atoms with Crippen LogP contribution in [0, 0.1) is 5.92 Å². The quantitative estimate of drug-likeness (QED) is 0.764. The van der Waals surface area contributed by atoms with Crippen LogP contribution in [0.15, 0.2) is 12.4 Å². The predicted molar refractivity (Wildman–Crippen MR) is 56.9 cm³/mol. The highest BCUT2D eigenvalue weighted by atomic mass is 15.1. The van der Waals surface area contributed by atoms with Gasteiger partial charge in [-0.2, -0.15) is 0 Å². The molecular weight excluding hydrogens is 176 g/mol. The fourth-order valence-corrected chi connectivity index (χ4v) is 1.64. The maximum atomic E-state index is 5.46. The maximum Gasteiger partial charge on any atom is 0.145 e. The van der Waals surface area contributed by atoms with Crippen LogP contribution < -0.4 is 11.1 Å². The molecule has 3 N–H and O–H groups in total. The van der Waals surface area contributed by atoms with Crippen molar-refractivity contribution in [3.8, 4) is 0 Å². The molecule has 0 spiro atoms. The van der Waals surface area contributed by atoms with Crippen LogP contribution in [0.1, 0.15) is 26.7 Å². The molecule has 1 aliphatic rings. The molecule has 14 heavy (non-hydrogen) atoms. The standard InChI is InChI=1S/C10H16N4/c1-10(2,7-3-4-7)14-9-6-12-8(11)5-13-9/h5-7H,3-4H2,1-2H3,(H2,11,12)(H,13,14). The first-order chi connectivity index (χ1) is 6.58. The Kier molecular flexibility index (Phi) is 2.06. The highest BCUT2D eigenvalue weighted by molar-refractivity contribution is 5.38. The van der Waals surface area contributed by atoms with Crippen molar-refractivity contribution in [3.63, 3.8) is 0 Å². The van der Waals surface area contributed by atoms with Crippen LogP contribution in [0.5, 0.6) is 0 Å². The van der Waals surface area contributed by atoms with Crippen LogP contribution in [0.25, 0.3) is 0 Å². The van der Waals surface area contributed by atoms with E-state index < -0.39 is 0 Å². The summed E-state index contributed by atoms with van der Waals surface area (Å²) in [4.78, 5) is 8.17. The van der Waals surface area contributed by atoms with Crippen LogP contribution in [-0.2, 0) is 0 Å². The molecule has 0 atom stereocenters. The van der Waals surface area contributed by atoms with Crippen molar-refractivity contribution in [2.24, 2.45) is 5.92 Å². The van der Waals surface area contributed by atoms with E-state index in [9.17, 15) is 0 Å². The minimum absolute atomic E-state index is 0.116. The molecule has 1 heterocycles. The first-order valence-corrected chi connectivity index (χ1v) is 4.93.